The van der Waals surface area contributed by atoms with Gasteiger partial charge < -0.3 is 15.6 Å². The third-order valence-corrected chi connectivity index (χ3v) is 4.34. The van der Waals surface area contributed by atoms with Gasteiger partial charge in [0.05, 0.1) is 0 Å². The standard InChI is InChI=1S/C15H25N5O/c16-5-1-2-6-19-7-9-20(10-8-19)13-11-14(21)18-15(17-13)12-3-4-12/h11-12H,1-10,16H2,(H,17,18,21). The van der Waals surface area contributed by atoms with Crippen LogP contribution in [0.25, 0.3) is 0 Å². The molecule has 1 saturated carbocycles. The van der Waals surface area contributed by atoms with Gasteiger partial charge >= 0.3 is 0 Å². The highest BCUT2D eigenvalue weighted by Gasteiger charge is 2.27. The third kappa shape index (κ3) is 3.83. The van der Waals surface area contributed by atoms with Crippen molar-refractivity contribution in [1.29, 1.82) is 0 Å². The fraction of sp³-hybridized carbons (Fsp3) is 0.733. The monoisotopic (exact) mass is 291 g/mol. The van der Waals surface area contributed by atoms with Gasteiger partial charge in [-0.15, -0.1) is 0 Å². The molecule has 3 rings (SSSR count). The minimum atomic E-state index is -0.0210. The maximum absolute atomic E-state index is 11.8. The molecule has 0 bridgehead atoms. The first-order valence-electron chi connectivity index (χ1n) is 8.05. The summed E-state index contributed by atoms with van der Waals surface area (Å²) in [6, 6.07) is 1.63. The highest BCUT2D eigenvalue weighted by molar-refractivity contribution is 5.38. The Balaban J connectivity index is 1.57. The van der Waals surface area contributed by atoms with Gasteiger partial charge in [0.1, 0.15) is 11.6 Å². The van der Waals surface area contributed by atoms with Gasteiger partial charge in [-0.25, -0.2) is 4.98 Å². The van der Waals surface area contributed by atoms with Crippen molar-refractivity contribution in [3.8, 4) is 0 Å². The number of unbranched alkanes of at least 4 members (excludes halogenated alkanes) is 1. The molecule has 6 heteroatoms. The summed E-state index contributed by atoms with van der Waals surface area (Å²) in [6.45, 7) is 5.88. The number of rotatable bonds is 6. The molecule has 1 aromatic heterocycles. The molecule has 1 aromatic rings. The van der Waals surface area contributed by atoms with Crippen LogP contribution in [0.15, 0.2) is 10.9 Å². The van der Waals surface area contributed by atoms with Gasteiger partial charge in [-0.3, -0.25) is 9.69 Å². The number of nitrogens with two attached hydrogens (primary N) is 1. The second kappa shape index (κ2) is 6.58. The lowest BCUT2D eigenvalue weighted by molar-refractivity contribution is 0.253. The number of nitrogens with one attached hydrogen (secondary N) is 1. The molecule has 0 radical (unpaired) electrons. The molecule has 21 heavy (non-hydrogen) atoms. The summed E-state index contributed by atoms with van der Waals surface area (Å²) in [5.74, 6) is 2.21. The van der Waals surface area contributed by atoms with Crippen LogP contribution >= 0.6 is 0 Å². The van der Waals surface area contributed by atoms with E-state index in [0.29, 0.717) is 5.92 Å². The SMILES string of the molecule is NCCCCN1CCN(c2cc(=O)[nH]c(C3CC3)n2)CC1. The zero-order valence-corrected chi connectivity index (χ0v) is 12.6. The average molecular weight is 291 g/mol. The van der Waals surface area contributed by atoms with Crippen molar-refractivity contribution in [3.63, 3.8) is 0 Å². The van der Waals surface area contributed by atoms with Crippen molar-refractivity contribution in [2.45, 2.75) is 31.6 Å². The second-order valence-corrected chi connectivity index (χ2v) is 6.09. The first-order chi connectivity index (χ1) is 10.3. The number of anilines is 1. The number of nitrogens with zero attached hydrogens (tertiary/aromatic N) is 3. The van der Waals surface area contributed by atoms with Gasteiger partial charge in [-0.05, 0) is 38.8 Å². The normalized spacial score (nSPS) is 20.0. The quantitative estimate of drug-likeness (QED) is 0.747. The van der Waals surface area contributed by atoms with E-state index in [1.165, 1.54) is 6.42 Å². The van der Waals surface area contributed by atoms with E-state index in [-0.39, 0.29) is 5.56 Å². The zero-order valence-electron chi connectivity index (χ0n) is 12.6. The zero-order chi connectivity index (χ0) is 14.7. The molecular formula is C15H25N5O. The van der Waals surface area contributed by atoms with Crippen LogP contribution in [0.2, 0.25) is 0 Å². The molecule has 0 unspecified atom stereocenters. The number of H-pyrrole nitrogens is 1. The van der Waals surface area contributed by atoms with Crippen LogP contribution in [0.1, 0.15) is 37.4 Å². The summed E-state index contributed by atoms with van der Waals surface area (Å²) in [7, 11) is 0. The van der Waals surface area contributed by atoms with Gasteiger partial charge in [0.15, 0.2) is 0 Å². The summed E-state index contributed by atoms with van der Waals surface area (Å²) in [5, 5.41) is 0. The minimum Gasteiger partial charge on any atom is -0.354 e. The number of aromatic nitrogens is 2. The van der Waals surface area contributed by atoms with E-state index < -0.39 is 0 Å². The molecule has 116 valence electrons. The Hall–Kier alpha value is -1.40. The van der Waals surface area contributed by atoms with Gasteiger partial charge in [0.2, 0.25) is 0 Å². The summed E-state index contributed by atoms with van der Waals surface area (Å²) in [5.41, 5.74) is 5.51. The first-order valence-corrected chi connectivity index (χ1v) is 8.05. The predicted octanol–water partition coefficient (Wildman–Crippen LogP) is 0.508. The van der Waals surface area contributed by atoms with Gasteiger partial charge in [0, 0.05) is 38.2 Å². The number of aromatic amines is 1. The van der Waals surface area contributed by atoms with E-state index in [2.05, 4.69) is 19.8 Å². The molecule has 0 spiro atoms. The van der Waals surface area contributed by atoms with Crippen molar-refractivity contribution in [1.82, 2.24) is 14.9 Å². The van der Waals surface area contributed by atoms with Crippen LogP contribution in [0.3, 0.4) is 0 Å². The number of hydrogen-bond acceptors (Lipinski definition) is 5. The Bertz CT molecular complexity index is 517. The van der Waals surface area contributed by atoms with Crippen LogP contribution in [0, 0.1) is 0 Å². The largest absolute Gasteiger partial charge is 0.354 e. The molecule has 2 fully saturated rings. The predicted molar refractivity (Wildman–Crippen MR) is 83.8 cm³/mol. The van der Waals surface area contributed by atoms with E-state index in [9.17, 15) is 4.79 Å². The lowest BCUT2D eigenvalue weighted by Gasteiger charge is -2.35. The molecule has 1 aliphatic heterocycles. The molecule has 0 atom stereocenters. The Kier molecular flexibility index (Phi) is 4.55. The fourth-order valence-electron chi connectivity index (χ4n) is 2.86. The summed E-state index contributed by atoms with van der Waals surface area (Å²) in [6.07, 6.45) is 4.58. The molecular weight excluding hydrogens is 266 g/mol. The third-order valence-electron chi connectivity index (χ3n) is 4.34. The Labute approximate surface area is 125 Å². The van der Waals surface area contributed by atoms with Gasteiger partial charge in [-0.1, -0.05) is 0 Å². The van der Waals surface area contributed by atoms with E-state index >= 15 is 0 Å². The van der Waals surface area contributed by atoms with Crippen LogP contribution in [-0.2, 0) is 0 Å². The van der Waals surface area contributed by atoms with E-state index in [0.717, 1.165) is 70.2 Å². The highest BCUT2D eigenvalue weighted by atomic mass is 16.1. The van der Waals surface area contributed by atoms with E-state index in [4.69, 9.17) is 5.73 Å². The fourth-order valence-corrected chi connectivity index (χ4v) is 2.86. The molecule has 3 N–H and O–H groups in total. The summed E-state index contributed by atoms with van der Waals surface area (Å²) >= 11 is 0. The summed E-state index contributed by atoms with van der Waals surface area (Å²) in [4.78, 5) is 24.0. The Morgan fingerprint density at radius 2 is 2.00 bits per heavy atom. The van der Waals surface area contributed by atoms with Crippen molar-refractivity contribution in [2.24, 2.45) is 5.73 Å². The topological polar surface area (TPSA) is 78.2 Å². The van der Waals surface area contributed by atoms with E-state index in [1.54, 1.807) is 6.07 Å². The van der Waals surface area contributed by atoms with Crippen molar-refractivity contribution in [3.05, 3.63) is 22.2 Å². The molecule has 0 amide bonds. The first kappa shape index (κ1) is 14.5. The number of hydrogen-bond donors (Lipinski definition) is 2. The Morgan fingerprint density at radius 1 is 1.24 bits per heavy atom. The molecule has 1 aliphatic carbocycles. The lowest BCUT2D eigenvalue weighted by Crippen LogP contribution is -2.47. The second-order valence-electron chi connectivity index (χ2n) is 6.09. The van der Waals surface area contributed by atoms with Crippen LogP contribution in [0.5, 0.6) is 0 Å². The molecule has 6 nitrogen and oxygen atoms in total. The molecule has 0 aromatic carbocycles. The van der Waals surface area contributed by atoms with Crippen LogP contribution in [-0.4, -0.2) is 54.1 Å². The maximum Gasteiger partial charge on any atom is 0.252 e. The highest BCUT2D eigenvalue weighted by Crippen LogP contribution is 2.37. The van der Waals surface area contributed by atoms with Crippen molar-refractivity contribution in [2.75, 3.05) is 44.2 Å². The molecule has 2 aliphatic rings. The van der Waals surface area contributed by atoms with Gasteiger partial charge in [-0.2, -0.15) is 0 Å². The smallest absolute Gasteiger partial charge is 0.252 e. The average Bonchev–Trinajstić information content (AvgIpc) is 3.32. The van der Waals surface area contributed by atoms with Crippen LogP contribution < -0.4 is 16.2 Å². The molecule has 2 heterocycles. The maximum atomic E-state index is 11.8. The van der Waals surface area contributed by atoms with Crippen molar-refractivity contribution >= 4 is 5.82 Å². The van der Waals surface area contributed by atoms with E-state index in [1.807, 2.05) is 0 Å². The minimum absolute atomic E-state index is 0.0210. The lowest BCUT2D eigenvalue weighted by atomic mass is 10.2. The van der Waals surface area contributed by atoms with Crippen molar-refractivity contribution < 1.29 is 0 Å². The van der Waals surface area contributed by atoms with Crippen LogP contribution in [0.4, 0.5) is 5.82 Å². The van der Waals surface area contributed by atoms with Gasteiger partial charge in [0.25, 0.3) is 5.56 Å². The molecule has 1 saturated heterocycles. The number of piperazine rings is 1. The summed E-state index contributed by atoms with van der Waals surface area (Å²) < 4.78 is 0. The Morgan fingerprint density at radius 3 is 2.67 bits per heavy atom.